The molecule has 0 aliphatic carbocycles. The third kappa shape index (κ3) is 6.54. The van der Waals surface area contributed by atoms with Gasteiger partial charge in [-0.15, -0.1) is 5.73 Å². The van der Waals surface area contributed by atoms with Crippen molar-refractivity contribution in [3.05, 3.63) is 155 Å². The predicted molar refractivity (Wildman–Crippen MR) is 159 cm³/mol. The topological polar surface area (TPSA) is 24.4 Å². The summed E-state index contributed by atoms with van der Waals surface area (Å²) in [6.45, 7) is 18.3. The van der Waals surface area contributed by atoms with Crippen LogP contribution >= 0.6 is 11.6 Å². The van der Waals surface area contributed by atoms with Crippen molar-refractivity contribution in [2.75, 3.05) is 0 Å². The van der Waals surface area contributed by atoms with Crippen molar-refractivity contribution < 1.29 is 8.78 Å². The first-order valence-electron chi connectivity index (χ1n) is 11.9. The Bertz CT molecular complexity index is 1500. The van der Waals surface area contributed by atoms with E-state index in [1.165, 1.54) is 12.3 Å². The molecule has 192 valence electrons. The van der Waals surface area contributed by atoms with Crippen molar-refractivity contribution in [3.63, 3.8) is 0 Å². The van der Waals surface area contributed by atoms with Gasteiger partial charge in [-0.25, -0.2) is 13.8 Å². The van der Waals surface area contributed by atoms with E-state index < -0.39 is 11.7 Å². The second kappa shape index (κ2) is 12.8. The molecule has 0 spiro atoms. The normalized spacial score (nSPS) is 15.5. The number of halogens is 3. The summed E-state index contributed by atoms with van der Waals surface area (Å²) in [5.74, 6) is -0.982. The van der Waals surface area contributed by atoms with Crippen molar-refractivity contribution in [3.8, 4) is 0 Å². The third-order valence-corrected chi connectivity index (χ3v) is 6.43. The van der Waals surface area contributed by atoms with E-state index >= 15 is 0 Å². The summed E-state index contributed by atoms with van der Waals surface area (Å²) in [5, 5.41) is 3.31. The molecule has 1 atom stereocenters. The second-order valence-electron chi connectivity index (χ2n) is 8.65. The molecule has 0 amide bonds. The number of aryl methyl sites for hydroxylation is 1. The van der Waals surface area contributed by atoms with Crippen LogP contribution in [0.5, 0.6) is 0 Å². The molecule has 0 saturated heterocycles. The summed E-state index contributed by atoms with van der Waals surface area (Å²) >= 11 is 6.89. The van der Waals surface area contributed by atoms with Crippen molar-refractivity contribution in [1.29, 1.82) is 0 Å². The molecule has 0 aromatic heterocycles. The fourth-order valence-electron chi connectivity index (χ4n) is 4.08. The highest BCUT2D eigenvalue weighted by Gasteiger charge is 2.18. The van der Waals surface area contributed by atoms with Crippen LogP contribution in [0.25, 0.3) is 17.2 Å². The monoisotopic (exact) mass is 526 g/mol. The molecule has 0 bridgehead atoms. The molecule has 1 aliphatic heterocycles. The molecule has 2 aromatic carbocycles. The van der Waals surface area contributed by atoms with Crippen LogP contribution in [-0.4, -0.2) is 5.84 Å². The van der Waals surface area contributed by atoms with Crippen LogP contribution in [0.15, 0.2) is 122 Å². The molecule has 1 unspecified atom stereocenters. The SMILES string of the molecule is C=C=CC1=CN=C(NC=C)/C=C(/c2cccc(/C(=C/C(C)c3cc(C)c(C=C)cc3F)C(=C)F)c2Cl)C=C1. The maximum Gasteiger partial charge on any atom is 0.130 e. The van der Waals surface area contributed by atoms with Gasteiger partial charge in [-0.2, -0.15) is 0 Å². The minimum absolute atomic E-state index is 0.193. The Kier molecular flexibility index (Phi) is 9.56. The van der Waals surface area contributed by atoms with Crippen LogP contribution in [0, 0.1) is 12.7 Å². The van der Waals surface area contributed by atoms with E-state index in [0.29, 0.717) is 33.1 Å². The molecular weight excluding hydrogens is 498 g/mol. The van der Waals surface area contributed by atoms with Gasteiger partial charge in [0.05, 0.1) is 5.02 Å². The van der Waals surface area contributed by atoms with E-state index in [1.54, 1.807) is 49.6 Å². The fraction of sp³-hybridized carbons (Fsp3) is 0.0909. The lowest BCUT2D eigenvalue weighted by Gasteiger charge is -2.17. The number of amidine groups is 1. The first-order chi connectivity index (χ1) is 18.2. The number of hydrogen-bond donors (Lipinski definition) is 1. The molecule has 0 saturated carbocycles. The number of aliphatic imine (C=N–C) groups is 1. The van der Waals surface area contributed by atoms with E-state index in [-0.39, 0.29) is 11.4 Å². The molecule has 0 fully saturated rings. The minimum Gasteiger partial charge on any atom is -0.347 e. The van der Waals surface area contributed by atoms with Crippen LogP contribution in [-0.2, 0) is 0 Å². The highest BCUT2D eigenvalue weighted by Crippen LogP contribution is 2.37. The van der Waals surface area contributed by atoms with Crippen LogP contribution in [0.2, 0.25) is 5.02 Å². The zero-order valence-electron chi connectivity index (χ0n) is 21.5. The third-order valence-electron chi connectivity index (χ3n) is 6.02. The molecule has 0 radical (unpaired) electrons. The Balaban J connectivity index is 2.13. The Morgan fingerprint density at radius 3 is 2.63 bits per heavy atom. The zero-order valence-corrected chi connectivity index (χ0v) is 22.2. The summed E-state index contributed by atoms with van der Waals surface area (Å²) in [5.41, 5.74) is 7.56. The average molecular weight is 527 g/mol. The van der Waals surface area contributed by atoms with Crippen LogP contribution in [0.1, 0.15) is 40.7 Å². The van der Waals surface area contributed by atoms with E-state index in [1.807, 2.05) is 31.2 Å². The summed E-state index contributed by atoms with van der Waals surface area (Å²) in [6, 6.07) is 8.53. The van der Waals surface area contributed by atoms with Gasteiger partial charge < -0.3 is 5.32 Å². The van der Waals surface area contributed by atoms with Crippen molar-refractivity contribution in [2.24, 2.45) is 4.99 Å². The number of allylic oxidation sites excluding steroid dienone is 8. The lowest BCUT2D eigenvalue weighted by Crippen LogP contribution is -2.14. The van der Waals surface area contributed by atoms with Gasteiger partial charge in [0, 0.05) is 34.4 Å². The number of nitrogens with zero attached hydrogens (tertiary/aromatic N) is 1. The highest BCUT2D eigenvalue weighted by molar-refractivity contribution is 6.34. The zero-order chi connectivity index (χ0) is 27.8. The Morgan fingerprint density at radius 1 is 1.21 bits per heavy atom. The van der Waals surface area contributed by atoms with E-state index in [9.17, 15) is 8.78 Å². The fourth-order valence-corrected chi connectivity index (χ4v) is 4.41. The van der Waals surface area contributed by atoms with Crippen LogP contribution < -0.4 is 5.32 Å². The largest absolute Gasteiger partial charge is 0.347 e. The standard InChI is InChI=1S/C33H29ClF2N2/c1-7-11-24-14-15-26(19-32(37-9-3)38-20-24)27-12-10-13-28(33(27)34)30(23(6)35)17-22(5)29-16-21(4)25(8-2)18-31(29)36/h8-20,22H,1-3,6H2,4-5H3,(H,37,38)/b30-17+. The van der Waals surface area contributed by atoms with Gasteiger partial charge in [0.15, 0.2) is 0 Å². The Morgan fingerprint density at radius 2 is 1.97 bits per heavy atom. The number of hydrogen-bond acceptors (Lipinski definition) is 2. The van der Waals surface area contributed by atoms with E-state index in [0.717, 1.165) is 16.7 Å². The Labute approximate surface area is 228 Å². The molecule has 3 rings (SSSR count). The van der Waals surface area contributed by atoms with Gasteiger partial charge in [-0.1, -0.05) is 93.4 Å². The summed E-state index contributed by atoms with van der Waals surface area (Å²) in [4.78, 5) is 4.44. The number of nitrogens with one attached hydrogen (secondary N) is 1. The van der Waals surface area contributed by atoms with Crippen LogP contribution in [0.3, 0.4) is 0 Å². The van der Waals surface area contributed by atoms with Gasteiger partial charge in [0.2, 0.25) is 0 Å². The average Bonchev–Trinajstić information content (AvgIpc) is 2.87. The molecular formula is C33H29ClF2N2. The van der Waals surface area contributed by atoms with E-state index in [2.05, 4.69) is 42.4 Å². The first-order valence-corrected chi connectivity index (χ1v) is 12.3. The van der Waals surface area contributed by atoms with Gasteiger partial charge in [-0.3, -0.25) is 0 Å². The molecule has 1 N–H and O–H groups in total. The molecule has 2 aromatic rings. The molecule has 1 heterocycles. The van der Waals surface area contributed by atoms with E-state index in [4.69, 9.17) is 11.6 Å². The second-order valence-corrected chi connectivity index (χ2v) is 9.03. The van der Waals surface area contributed by atoms with Crippen molar-refractivity contribution in [2.45, 2.75) is 19.8 Å². The lowest BCUT2D eigenvalue weighted by molar-refractivity contribution is 0.604. The molecule has 2 nitrogen and oxygen atoms in total. The molecule has 38 heavy (non-hydrogen) atoms. The number of benzene rings is 2. The molecule has 5 heteroatoms. The quantitative estimate of drug-likeness (QED) is 0.269. The maximum atomic E-state index is 14.9. The minimum atomic E-state index is -0.671. The highest BCUT2D eigenvalue weighted by atomic mass is 35.5. The lowest BCUT2D eigenvalue weighted by atomic mass is 9.91. The summed E-state index contributed by atoms with van der Waals surface area (Å²) in [6.07, 6.45) is 13.7. The van der Waals surface area contributed by atoms with Gasteiger partial charge in [0.1, 0.15) is 17.5 Å². The molecule has 1 aliphatic rings. The predicted octanol–water partition coefficient (Wildman–Crippen LogP) is 9.41. The Hall–Kier alpha value is -4.24. The number of rotatable bonds is 8. The van der Waals surface area contributed by atoms with Gasteiger partial charge in [0.25, 0.3) is 0 Å². The summed E-state index contributed by atoms with van der Waals surface area (Å²) < 4.78 is 29.8. The first kappa shape index (κ1) is 28.3. The van der Waals surface area contributed by atoms with Crippen molar-refractivity contribution >= 4 is 34.7 Å². The van der Waals surface area contributed by atoms with Crippen molar-refractivity contribution in [1.82, 2.24) is 5.32 Å². The van der Waals surface area contributed by atoms with Crippen LogP contribution in [0.4, 0.5) is 8.78 Å². The van der Waals surface area contributed by atoms with Gasteiger partial charge >= 0.3 is 0 Å². The smallest absolute Gasteiger partial charge is 0.130 e. The summed E-state index contributed by atoms with van der Waals surface area (Å²) in [7, 11) is 0. The van der Waals surface area contributed by atoms with Gasteiger partial charge in [-0.05, 0) is 53.6 Å². The maximum absolute atomic E-state index is 14.9.